The van der Waals surface area contributed by atoms with Crippen LogP contribution in [0.15, 0.2) is 42.5 Å². The SMILES string of the molecule is COc1ccc(NC(=O)N[C@H]2CO[C@H]3[C@@H]2OC[C@@H]3n2nnnc2-c2ccc3c(c2)OCO3)cc1. The molecular weight excluding hydrogens is 444 g/mol. The van der Waals surface area contributed by atoms with Gasteiger partial charge in [0, 0.05) is 11.3 Å². The van der Waals surface area contributed by atoms with Gasteiger partial charge in [-0.2, -0.15) is 0 Å². The van der Waals surface area contributed by atoms with Crippen molar-refractivity contribution in [2.24, 2.45) is 0 Å². The number of ether oxygens (including phenoxy) is 5. The van der Waals surface area contributed by atoms with E-state index in [0.29, 0.717) is 42.0 Å². The molecule has 2 N–H and O–H groups in total. The van der Waals surface area contributed by atoms with Crippen molar-refractivity contribution >= 4 is 11.7 Å². The van der Waals surface area contributed by atoms with Gasteiger partial charge < -0.3 is 34.3 Å². The Bertz CT molecular complexity index is 1200. The smallest absolute Gasteiger partial charge is 0.319 e. The van der Waals surface area contributed by atoms with Gasteiger partial charge in [-0.3, -0.25) is 0 Å². The summed E-state index contributed by atoms with van der Waals surface area (Å²) < 4.78 is 29.8. The van der Waals surface area contributed by atoms with Gasteiger partial charge in [0.25, 0.3) is 0 Å². The second-order valence-electron chi connectivity index (χ2n) is 8.11. The molecule has 0 unspecified atom stereocenters. The number of tetrazole rings is 1. The Kier molecular flexibility index (Phi) is 5.15. The fourth-order valence-corrected chi connectivity index (χ4v) is 4.47. The van der Waals surface area contributed by atoms with Crippen LogP contribution in [0.5, 0.6) is 17.2 Å². The van der Waals surface area contributed by atoms with Gasteiger partial charge in [-0.15, -0.1) is 5.10 Å². The zero-order chi connectivity index (χ0) is 23.1. The van der Waals surface area contributed by atoms with Gasteiger partial charge in [0.15, 0.2) is 17.3 Å². The number of nitrogens with one attached hydrogen (secondary N) is 2. The highest BCUT2D eigenvalue weighted by molar-refractivity contribution is 5.89. The second-order valence-corrected chi connectivity index (χ2v) is 8.11. The van der Waals surface area contributed by atoms with E-state index in [1.54, 1.807) is 36.1 Å². The van der Waals surface area contributed by atoms with E-state index in [0.717, 1.165) is 5.56 Å². The highest BCUT2D eigenvalue weighted by atomic mass is 16.7. The van der Waals surface area contributed by atoms with Crippen molar-refractivity contribution in [3.63, 3.8) is 0 Å². The first-order chi connectivity index (χ1) is 16.7. The van der Waals surface area contributed by atoms with Crippen LogP contribution in [0.3, 0.4) is 0 Å². The Morgan fingerprint density at radius 3 is 2.74 bits per heavy atom. The zero-order valence-electron chi connectivity index (χ0n) is 18.2. The van der Waals surface area contributed by atoms with E-state index in [1.807, 2.05) is 18.2 Å². The molecule has 3 aromatic rings. The number of methoxy groups -OCH3 is 1. The number of benzene rings is 2. The van der Waals surface area contributed by atoms with Gasteiger partial charge in [-0.05, 0) is 52.9 Å². The molecule has 176 valence electrons. The molecule has 4 atom stereocenters. The van der Waals surface area contributed by atoms with Crippen molar-refractivity contribution in [1.29, 1.82) is 0 Å². The number of carbonyl (C=O) groups excluding carboxylic acids is 1. The lowest BCUT2D eigenvalue weighted by atomic mass is 10.1. The Morgan fingerprint density at radius 2 is 1.88 bits per heavy atom. The molecule has 6 rings (SSSR count). The van der Waals surface area contributed by atoms with Crippen molar-refractivity contribution in [3.8, 4) is 28.6 Å². The molecule has 2 fully saturated rings. The molecule has 12 heteroatoms. The molecule has 0 bridgehead atoms. The number of anilines is 1. The summed E-state index contributed by atoms with van der Waals surface area (Å²) in [5, 5.41) is 18.0. The number of rotatable bonds is 5. The molecule has 0 radical (unpaired) electrons. The lowest BCUT2D eigenvalue weighted by Gasteiger charge is -2.18. The molecule has 2 aromatic carbocycles. The number of fused-ring (bicyclic) bond motifs is 2. The first-order valence-corrected chi connectivity index (χ1v) is 10.8. The summed E-state index contributed by atoms with van der Waals surface area (Å²) in [4.78, 5) is 12.5. The van der Waals surface area contributed by atoms with Gasteiger partial charge in [0.2, 0.25) is 6.79 Å². The van der Waals surface area contributed by atoms with E-state index >= 15 is 0 Å². The Morgan fingerprint density at radius 1 is 1.06 bits per heavy atom. The summed E-state index contributed by atoms with van der Waals surface area (Å²) in [7, 11) is 1.59. The van der Waals surface area contributed by atoms with Crippen LogP contribution in [-0.4, -0.2) is 71.6 Å². The number of carbonyl (C=O) groups is 1. The number of urea groups is 1. The van der Waals surface area contributed by atoms with E-state index in [1.165, 1.54) is 0 Å². The van der Waals surface area contributed by atoms with E-state index in [-0.39, 0.29) is 37.1 Å². The number of hydrogen-bond acceptors (Lipinski definition) is 9. The van der Waals surface area contributed by atoms with Crippen LogP contribution >= 0.6 is 0 Å². The first kappa shape index (κ1) is 20.7. The monoisotopic (exact) mass is 466 g/mol. The van der Waals surface area contributed by atoms with E-state index < -0.39 is 0 Å². The molecular formula is C22H22N6O6. The third-order valence-electron chi connectivity index (χ3n) is 6.13. The minimum Gasteiger partial charge on any atom is -0.497 e. The lowest BCUT2D eigenvalue weighted by molar-refractivity contribution is 0.0624. The molecule has 0 saturated carbocycles. The molecule has 1 aromatic heterocycles. The van der Waals surface area contributed by atoms with E-state index in [4.69, 9.17) is 23.7 Å². The Labute approximate surface area is 194 Å². The molecule has 4 heterocycles. The number of amides is 2. The van der Waals surface area contributed by atoms with Crippen LogP contribution in [-0.2, 0) is 9.47 Å². The average molecular weight is 466 g/mol. The highest BCUT2D eigenvalue weighted by Gasteiger charge is 2.50. The van der Waals surface area contributed by atoms with E-state index in [9.17, 15) is 4.79 Å². The zero-order valence-corrected chi connectivity index (χ0v) is 18.2. The second kappa shape index (κ2) is 8.47. The minimum absolute atomic E-state index is 0.193. The molecule has 12 nitrogen and oxygen atoms in total. The summed E-state index contributed by atoms with van der Waals surface area (Å²) in [6.45, 7) is 0.873. The summed E-state index contributed by atoms with van der Waals surface area (Å²) in [5.74, 6) is 2.63. The molecule has 3 aliphatic rings. The number of hydrogen-bond donors (Lipinski definition) is 2. The quantitative estimate of drug-likeness (QED) is 0.576. The highest BCUT2D eigenvalue weighted by Crippen LogP contribution is 2.38. The molecule has 2 saturated heterocycles. The van der Waals surface area contributed by atoms with E-state index in [2.05, 4.69) is 26.2 Å². The summed E-state index contributed by atoms with van der Waals surface area (Å²) in [5.41, 5.74) is 1.45. The van der Waals surface area contributed by atoms with Crippen LogP contribution in [0, 0.1) is 0 Å². The fraction of sp³-hybridized carbons (Fsp3) is 0.364. The minimum atomic E-state index is -0.338. The number of aromatic nitrogens is 4. The average Bonchev–Trinajstić information content (AvgIpc) is 3.64. The Balaban J connectivity index is 1.13. The first-order valence-electron chi connectivity index (χ1n) is 10.8. The van der Waals surface area contributed by atoms with Gasteiger partial charge >= 0.3 is 6.03 Å². The van der Waals surface area contributed by atoms with Crippen molar-refractivity contribution in [2.75, 3.05) is 32.4 Å². The third-order valence-corrected chi connectivity index (χ3v) is 6.13. The maximum absolute atomic E-state index is 12.5. The maximum Gasteiger partial charge on any atom is 0.319 e. The van der Waals surface area contributed by atoms with Gasteiger partial charge in [0.05, 0.1) is 26.4 Å². The van der Waals surface area contributed by atoms with Crippen LogP contribution in [0.4, 0.5) is 10.5 Å². The maximum atomic E-state index is 12.5. The molecule has 3 aliphatic heterocycles. The van der Waals surface area contributed by atoms with Crippen LogP contribution in [0.2, 0.25) is 0 Å². The topological polar surface area (TPSA) is 131 Å². The summed E-state index contributed by atoms with van der Waals surface area (Å²) in [6.07, 6.45) is -0.622. The van der Waals surface area contributed by atoms with Crippen molar-refractivity contribution in [2.45, 2.75) is 24.3 Å². The van der Waals surface area contributed by atoms with Crippen LogP contribution in [0.1, 0.15) is 6.04 Å². The summed E-state index contributed by atoms with van der Waals surface area (Å²) >= 11 is 0. The van der Waals surface area contributed by atoms with Crippen molar-refractivity contribution in [3.05, 3.63) is 42.5 Å². The van der Waals surface area contributed by atoms with Crippen LogP contribution in [0.25, 0.3) is 11.4 Å². The van der Waals surface area contributed by atoms with Crippen molar-refractivity contribution < 1.29 is 28.5 Å². The predicted molar refractivity (Wildman–Crippen MR) is 117 cm³/mol. The molecule has 0 spiro atoms. The largest absolute Gasteiger partial charge is 0.497 e. The van der Waals surface area contributed by atoms with Gasteiger partial charge in [-0.1, -0.05) is 0 Å². The third kappa shape index (κ3) is 3.66. The summed E-state index contributed by atoms with van der Waals surface area (Å²) in [6, 6.07) is 11.8. The van der Waals surface area contributed by atoms with Gasteiger partial charge in [0.1, 0.15) is 24.0 Å². The molecule has 2 amide bonds. The molecule has 34 heavy (non-hydrogen) atoms. The fourth-order valence-electron chi connectivity index (χ4n) is 4.47. The van der Waals surface area contributed by atoms with Crippen LogP contribution < -0.4 is 24.8 Å². The normalized spacial score (nSPS) is 24.6. The number of nitrogens with zero attached hydrogens (tertiary/aromatic N) is 4. The molecule has 0 aliphatic carbocycles. The van der Waals surface area contributed by atoms with Crippen molar-refractivity contribution in [1.82, 2.24) is 25.5 Å². The lowest BCUT2D eigenvalue weighted by Crippen LogP contribution is -2.45. The standard InChI is InChI=1S/C22H22N6O6/c1-30-14-5-3-13(4-6-14)23-22(29)24-15-9-31-20-16(10-32-19(15)20)28-21(25-26-27-28)12-2-7-17-18(8-12)34-11-33-17/h2-8,15-16,19-20H,9-11H2,1H3,(H2,23,24,29)/t15-,16-,19+,20+/m0/s1. The Hall–Kier alpha value is -3.90. The predicted octanol–water partition coefficient (Wildman–Crippen LogP) is 1.61. The van der Waals surface area contributed by atoms with Gasteiger partial charge in [-0.25, -0.2) is 9.48 Å².